The van der Waals surface area contributed by atoms with E-state index in [1.165, 1.54) is 0 Å². The number of nitrogens with one attached hydrogen (secondary N) is 1. The Morgan fingerprint density at radius 1 is 0.944 bits per heavy atom. The Balaban J connectivity index is 1.46. The molecule has 8 nitrogen and oxygen atoms in total. The second kappa shape index (κ2) is 12.0. The first-order valence-electron chi connectivity index (χ1n) is 12.8. The van der Waals surface area contributed by atoms with E-state index in [4.69, 9.17) is 18.9 Å². The number of rotatable bonds is 9. The van der Waals surface area contributed by atoms with Crippen LogP contribution in [-0.4, -0.2) is 56.2 Å². The van der Waals surface area contributed by atoms with Gasteiger partial charge in [-0.3, -0.25) is 9.59 Å². The summed E-state index contributed by atoms with van der Waals surface area (Å²) in [5, 5.41) is 3.15. The Morgan fingerprint density at radius 3 is 2.42 bits per heavy atom. The third-order valence-electron chi connectivity index (χ3n) is 6.44. The van der Waals surface area contributed by atoms with Crippen LogP contribution in [0, 0.1) is 5.92 Å². The van der Waals surface area contributed by atoms with Crippen LogP contribution in [0.4, 0.5) is 0 Å². The molecule has 1 fully saturated rings. The van der Waals surface area contributed by atoms with E-state index in [2.05, 4.69) is 19.2 Å². The van der Waals surface area contributed by atoms with Crippen LogP contribution >= 0.6 is 0 Å². The van der Waals surface area contributed by atoms with E-state index < -0.39 is 0 Å². The van der Waals surface area contributed by atoms with Crippen LogP contribution in [0.15, 0.2) is 36.4 Å². The number of likely N-dealkylation sites (tertiary alicyclic amines) is 1. The van der Waals surface area contributed by atoms with E-state index in [0.717, 1.165) is 43.7 Å². The van der Waals surface area contributed by atoms with Gasteiger partial charge in [0.1, 0.15) is 13.2 Å². The highest BCUT2D eigenvalue weighted by Crippen LogP contribution is 2.35. The van der Waals surface area contributed by atoms with Gasteiger partial charge in [-0.1, -0.05) is 19.9 Å². The van der Waals surface area contributed by atoms with E-state index in [-0.39, 0.29) is 30.4 Å². The largest absolute Gasteiger partial charge is 0.490 e. The summed E-state index contributed by atoms with van der Waals surface area (Å²) >= 11 is 0. The molecule has 2 amide bonds. The minimum Gasteiger partial charge on any atom is -0.490 e. The second-order valence-corrected chi connectivity index (χ2v) is 9.42. The number of carbonyl (C=O) groups excluding carboxylic acids is 2. The van der Waals surface area contributed by atoms with Crippen molar-refractivity contribution in [1.82, 2.24) is 10.2 Å². The van der Waals surface area contributed by atoms with Crippen molar-refractivity contribution in [2.24, 2.45) is 5.92 Å². The highest BCUT2D eigenvalue weighted by Gasteiger charge is 2.23. The van der Waals surface area contributed by atoms with Gasteiger partial charge in [-0.05, 0) is 68.0 Å². The molecule has 1 N–H and O–H groups in total. The molecule has 0 aromatic heterocycles. The normalized spacial score (nSPS) is 15.8. The summed E-state index contributed by atoms with van der Waals surface area (Å²) in [5.41, 5.74) is 1.40. The summed E-state index contributed by atoms with van der Waals surface area (Å²) in [5.74, 6) is 2.19. The van der Waals surface area contributed by atoms with Gasteiger partial charge in [0, 0.05) is 18.7 Å². The standard InChI is InChI=1S/C28H36N2O6/c1-4-33-24-17-21(9-11-23(24)36-18-26(31)30-12-6-5-7-13-30)28(32)29-27(19(2)3)20-8-10-22-25(16-20)35-15-14-34-22/h8-11,16-17,19,27H,4-7,12-15,18H2,1-3H3,(H,29,32). The average Bonchev–Trinajstić information content (AvgIpc) is 2.90. The van der Waals surface area contributed by atoms with Crippen LogP contribution in [0.25, 0.3) is 0 Å². The zero-order valence-electron chi connectivity index (χ0n) is 21.4. The molecule has 0 radical (unpaired) electrons. The van der Waals surface area contributed by atoms with E-state index in [0.29, 0.717) is 42.6 Å². The van der Waals surface area contributed by atoms with Crippen molar-refractivity contribution in [3.63, 3.8) is 0 Å². The maximum atomic E-state index is 13.2. The lowest BCUT2D eigenvalue weighted by Crippen LogP contribution is -2.38. The molecule has 0 bridgehead atoms. The van der Waals surface area contributed by atoms with Crippen molar-refractivity contribution in [3.8, 4) is 23.0 Å². The summed E-state index contributed by atoms with van der Waals surface area (Å²) in [7, 11) is 0. The van der Waals surface area contributed by atoms with Gasteiger partial charge in [-0.2, -0.15) is 0 Å². The van der Waals surface area contributed by atoms with Crippen molar-refractivity contribution >= 4 is 11.8 Å². The molecular formula is C28H36N2O6. The van der Waals surface area contributed by atoms with Gasteiger partial charge < -0.3 is 29.2 Å². The maximum absolute atomic E-state index is 13.2. The summed E-state index contributed by atoms with van der Waals surface area (Å²) in [4.78, 5) is 27.6. The van der Waals surface area contributed by atoms with Crippen molar-refractivity contribution < 1.29 is 28.5 Å². The van der Waals surface area contributed by atoms with Gasteiger partial charge in [0.15, 0.2) is 29.6 Å². The molecule has 2 aliphatic heterocycles. The summed E-state index contributed by atoms with van der Waals surface area (Å²) in [6.45, 7) is 8.94. The van der Waals surface area contributed by atoms with Crippen LogP contribution in [0.3, 0.4) is 0 Å². The molecule has 36 heavy (non-hydrogen) atoms. The second-order valence-electron chi connectivity index (χ2n) is 9.42. The van der Waals surface area contributed by atoms with Gasteiger partial charge in [-0.25, -0.2) is 0 Å². The summed E-state index contributed by atoms with van der Waals surface area (Å²) in [6.07, 6.45) is 3.22. The zero-order chi connectivity index (χ0) is 25.5. The van der Waals surface area contributed by atoms with Gasteiger partial charge in [0.2, 0.25) is 0 Å². The van der Waals surface area contributed by atoms with Crippen molar-refractivity contribution in [2.45, 2.75) is 46.1 Å². The summed E-state index contributed by atoms with van der Waals surface area (Å²) < 4.78 is 22.9. The predicted octanol–water partition coefficient (Wildman–Crippen LogP) is 4.37. The monoisotopic (exact) mass is 496 g/mol. The number of benzene rings is 2. The number of carbonyl (C=O) groups is 2. The van der Waals surface area contributed by atoms with Crippen LogP contribution in [0.1, 0.15) is 62.0 Å². The first-order chi connectivity index (χ1) is 17.5. The van der Waals surface area contributed by atoms with Gasteiger partial charge in [-0.15, -0.1) is 0 Å². The van der Waals surface area contributed by atoms with E-state index >= 15 is 0 Å². The maximum Gasteiger partial charge on any atom is 0.260 e. The Hall–Kier alpha value is -3.42. The third kappa shape index (κ3) is 6.22. The number of ether oxygens (including phenoxy) is 4. The number of hydrogen-bond acceptors (Lipinski definition) is 6. The van der Waals surface area contributed by atoms with Gasteiger partial charge in [0.05, 0.1) is 12.6 Å². The molecule has 8 heteroatoms. The molecular weight excluding hydrogens is 460 g/mol. The van der Waals surface area contributed by atoms with Crippen LogP contribution in [0.2, 0.25) is 0 Å². The van der Waals surface area contributed by atoms with Crippen molar-refractivity contribution in [2.75, 3.05) is 39.5 Å². The molecule has 2 aromatic rings. The first kappa shape index (κ1) is 25.7. The zero-order valence-corrected chi connectivity index (χ0v) is 21.4. The highest BCUT2D eigenvalue weighted by molar-refractivity contribution is 5.95. The Morgan fingerprint density at radius 2 is 1.69 bits per heavy atom. The lowest BCUT2D eigenvalue weighted by atomic mass is 9.95. The molecule has 1 atom stereocenters. The van der Waals surface area contributed by atoms with Gasteiger partial charge in [0.25, 0.3) is 11.8 Å². The fraction of sp³-hybridized carbons (Fsp3) is 0.500. The first-order valence-corrected chi connectivity index (χ1v) is 12.8. The number of piperidine rings is 1. The third-order valence-corrected chi connectivity index (χ3v) is 6.44. The number of fused-ring (bicyclic) bond motifs is 1. The van der Waals surface area contributed by atoms with Crippen LogP contribution in [0.5, 0.6) is 23.0 Å². The highest BCUT2D eigenvalue weighted by atomic mass is 16.6. The molecule has 0 spiro atoms. The van der Waals surface area contributed by atoms with Gasteiger partial charge >= 0.3 is 0 Å². The topological polar surface area (TPSA) is 86.3 Å². The Labute approximate surface area is 212 Å². The van der Waals surface area contributed by atoms with Crippen LogP contribution < -0.4 is 24.3 Å². The molecule has 4 rings (SSSR count). The Bertz CT molecular complexity index is 1060. The smallest absolute Gasteiger partial charge is 0.260 e. The quantitative estimate of drug-likeness (QED) is 0.555. The van der Waals surface area contributed by atoms with Crippen LogP contribution in [-0.2, 0) is 4.79 Å². The molecule has 0 saturated carbocycles. The molecule has 1 saturated heterocycles. The fourth-order valence-corrected chi connectivity index (χ4v) is 4.52. The Kier molecular flexibility index (Phi) is 8.57. The summed E-state index contributed by atoms with van der Waals surface area (Å²) in [6, 6.07) is 10.6. The fourth-order valence-electron chi connectivity index (χ4n) is 4.52. The average molecular weight is 497 g/mol. The molecule has 2 aromatic carbocycles. The van der Waals surface area contributed by atoms with Crippen molar-refractivity contribution in [1.29, 1.82) is 0 Å². The molecule has 0 aliphatic carbocycles. The van der Waals surface area contributed by atoms with Crippen molar-refractivity contribution in [3.05, 3.63) is 47.5 Å². The van der Waals surface area contributed by atoms with E-state index in [1.807, 2.05) is 30.0 Å². The number of nitrogens with zero attached hydrogens (tertiary/aromatic N) is 1. The predicted molar refractivity (Wildman–Crippen MR) is 136 cm³/mol. The molecule has 2 heterocycles. The minimum absolute atomic E-state index is 0.0295. The number of hydrogen-bond donors (Lipinski definition) is 1. The number of amides is 2. The van der Waals surface area contributed by atoms with E-state index in [9.17, 15) is 9.59 Å². The lowest BCUT2D eigenvalue weighted by Gasteiger charge is -2.27. The molecule has 194 valence electrons. The SMILES string of the molecule is CCOc1cc(C(=O)NC(c2ccc3c(c2)OCCO3)C(C)C)ccc1OCC(=O)N1CCCCC1. The lowest BCUT2D eigenvalue weighted by molar-refractivity contribution is -0.134. The minimum atomic E-state index is -0.222. The van der Waals surface area contributed by atoms with E-state index in [1.54, 1.807) is 18.2 Å². The molecule has 2 aliphatic rings. The molecule has 1 unspecified atom stereocenters.